The van der Waals surface area contributed by atoms with Gasteiger partial charge in [0.1, 0.15) is 42.7 Å². The Kier molecular flexibility index (Phi) is 6.93. The molecule has 140 valence electrons. The first-order chi connectivity index (χ1) is 10.9. The number of hydrogen-bond donors (Lipinski definition) is 5. The lowest BCUT2D eigenvalue weighted by molar-refractivity contribution is -0.287. The van der Waals surface area contributed by atoms with Gasteiger partial charge in [-0.3, -0.25) is 0 Å². The highest BCUT2D eigenvalue weighted by Crippen LogP contribution is 2.20. The minimum absolute atomic E-state index is 0.485. The smallest absolute Gasteiger partial charge is 0.408 e. The molecule has 0 aliphatic carbocycles. The summed E-state index contributed by atoms with van der Waals surface area (Å²) in [5, 5.41) is 40.3. The summed E-state index contributed by atoms with van der Waals surface area (Å²) >= 11 is 0. The minimum atomic E-state index is -1.72. The molecule has 1 saturated heterocycles. The van der Waals surface area contributed by atoms with Crippen LogP contribution in [0.15, 0.2) is 0 Å². The Labute approximate surface area is 139 Å². The van der Waals surface area contributed by atoms with E-state index in [-0.39, 0.29) is 0 Å². The van der Waals surface area contributed by atoms with Crippen LogP contribution in [0.3, 0.4) is 0 Å². The molecule has 6 atom stereocenters. The van der Waals surface area contributed by atoms with Gasteiger partial charge in [-0.2, -0.15) is 0 Å². The van der Waals surface area contributed by atoms with E-state index in [2.05, 4.69) is 5.32 Å². The summed E-state index contributed by atoms with van der Waals surface area (Å²) in [6.07, 6.45) is -8.60. The van der Waals surface area contributed by atoms with Crippen molar-refractivity contribution in [3.8, 4) is 0 Å². The van der Waals surface area contributed by atoms with E-state index >= 15 is 0 Å². The number of rotatable bonds is 4. The number of nitrogens with one attached hydrogen (secondary N) is 1. The van der Waals surface area contributed by atoms with Crippen molar-refractivity contribution >= 4 is 12.1 Å². The third-order valence-corrected chi connectivity index (χ3v) is 3.16. The molecule has 1 heterocycles. The third-order valence-electron chi connectivity index (χ3n) is 3.16. The maximum absolute atomic E-state index is 11.8. The molecule has 1 rings (SSSR count). The first-order valence-electron chi connectivity index (χ1n) is 7.46. The van der Waals surface area contributed by atoms with Crippen LogP contribution in [0.25, 0.3) is 0 Å². The second kappa shape index (κ2) is 8.08. The first kappa shape index (κ1) is 20.6. The van der Waals surface area contributed by atoms with Crippen LogP contribution in [-0.4, -0.2) is 81.4 Å². The molecular weight excluding hydrogens is 326 g/mol. The molecule has 1 fully saturated rings. The molecule has 0 aromatic heterocycles. The molecular formula is C14H25NO9. The van der Waals surface area contributed by atoms with E-state index in [1.807, 2.05) is 0 Å². The number of alkyl carbamates (subject to hydrolysis) is 1. The van der Waals surface area contributed by atoms with Crippen LogP contribution in [0.4, 0.5) is 4.79 Å². The van der Waals surface area contributed by atoms with Gasteiger partial charge in [0, 0.05) is 0 Å². The van der Waals surface area contributed by atoms with E-state index in [0.717, 1.165) is 0 Å². The lowest BCUT2D eigenvalue weighted by Gasteiger charge is -2.38. The average molecular weight is 351 g/mol. The van der Waals surface area contributed by atoms with Gasteiger partial charge in [-0.1, -0.05) is 0 Å². The number of amides is 1. The Balaban J connectivity index is 2.46. The number of aliphatic hydroxyl groups excluding tert-OH is 4. The Bertz CT molecular complexity index is 450. The van der Waals surface area contributed by atoms with E-state index in [4.69, 9.17) is 14.2 Å². The number of carbonyl (C=O) groups is 2. The molecule has 0 aromatic carbocycles. The second-order valence-electron chi connectivity index (χ2n) is 6.53. The van der Waals surface area contributed by atoms with Crippen molar-refractivity contribution in [2.24, 2.45) is 0 Å². The van der Waals surface area contributed by atoms with Gasteiger partial charge in [0.2, 0.25) is 0 Å². The number of carbonyl (C=O) groups excluding carboxylic acids is 2. The Hall–Kier alpha value is -1.46. The summed E-state index contributed by atoms with van der Waals surface area (Å²) in [5.74, 6) is -0.827. The zero-order chi connectivity index (χ0) is 18.7. The summed E-state index contributed by atoms with van der Waals surface area (Å²) < 4.78 is 14.7. The van der Waals surface area contributed by atoms with Crippen LogP contribution in [0.1, 0.15) is 27.7 Å². The lowest BCUT2D eigenvalue weighted by atomic mass is 9.99. The molecule has 1 aliphatic heterocycles. The summed E-state index contributed by atoms with van der Waals surface area (Å²) in [7, 11) is 0. The van der Waals surface area contributed by atoms with Crippen molar-refractivity contribution in [1.29, 1.82) is 0 Å². The largest absolute Gasteiger partial charge is 0.461 e. The standard InChI is InChI=1S/C14H25NO9/c1-6(15-13(21)24-14(2,3)4)11(19)22-5-7-8(16)9(17)10(18)12(20)23-7/h6-10,12,16-18,20H,5H2,1-4H3,(H,15,21)/t6-,7?,8-,9?,10?,12-/m1/s1. The second-order valence-corrected chi connectivity index (χ2v) is 6.53. The van der Waals surface area contributed by atoms with E-state index in [1.165, 1.54) is 6.92 Å². The fourth-order valence-corrected chi connectivity index (χ4v) is 1.90. The molecule has 0 bridgehead atoms. The van der Waals surface area contributed by atoms with Crippen LogP contribution in [0, 0.1) is 0 Å². The van der Waals surface area contributed by atoms with Crippen LogP contribution in [0.2, 0.25) is 0 Å². The van der Waals surface area contributed by atoms with Crippen molar-refractivity contribution in [3.63, 3.8) is 0 Å². The zero-order valence-electron chi connectivity index (χ0n) is 14.0. The monoisotopic (exact) mass is 351 g/mol. The number of ether oxygens (including phenoxy) is 3. The molecule has 0 saturated carbocycles. The highest BCUT2D eigenvalue weighted by Gasteiger charge is 2.43. The summed E-state index contributed by atoms with van der Waals surface area (Å²) in [5.41, 5.74) is -0.721. The number of aliphatic hydroxyl groups is 4. The van der Waals surface area contributed by atoms with E-state index in [1.54, 1.807) is 20.8 Å². The topological polar surface area (TPSA) is 155 Å². The van der Waals surface area contributed by atoms with Crippen molar-refractivity contribution in [2.75, 3.05) is 6.61 Å². The molecule has 3 unspecified atom stereocenters. The highest BCUT2D eigenvalue weighted by atomic mass is 16.7. The third kappa shape index (κ3) is 5.87. The van der Waals surface area contributed by atoms with Gasteiger partial charge in [0.25, 0.3) is 0 Å². The van der Waals surface area contributed by atoms with Crippen LogP contribution >= 0.6 is 0 Å². The van der Waals surface area contributed by atoms with Crippen LogP contribution in [0.5, 0.6) is 0 Å². The highest BCUT2D eigenvalue weighted by molar-refractivity contribution is 5.81. The van der Waals surface area contributed by atoms with Gasteiger partial charge in [0.15, 0.2) is 6.29 Å². The Morgan fingerprint density at radius 1 is 1.12 bits per heavy atom. The molecule has 0 spiro atoms. The van der Waals surface area contributed by atoms with Gasteiger partial charge in [-0.25, -0.2) is 9.59 Å². The Morgan fingerprint density at radius 2 is 1.71 bits per heavy atom. The maximum Gasteiger partial charge on any atom is 0.408 e. The molecule has 0 aromatic rings. The van der Waals surface area contributed by atoms with Crippen molar-refractivity contribution in [1.82, 2.24) is 5.32 Å². The normalized spacial score (nSPS) is 31.9. The van der Waals surface area contributed by atoms with Crippen molar-refractivity contribution in [2.45, 2.75) is 70.0 Å². The molecule has 1 amide bonds. The van der Waals surface area contributed by atoms with E-state index < -0.39 is 61.0 Å². The molecule has 24 heavy (non-hydrogen) atoms. The Morgan fingerprint density at radius 3 is 2.25 bits per heavy atom. The van der Waals surface area contributed by atoms with Gasteiger partial charge < -0.3 is 40.0 Å². The summed E-state index contributed by atoms with van der Waals surface area (Å²) in [6.45, 7) is 5.90. The van der Waals surface area contributed by atoms with E-state index in [9.17, 15) is 30.0 Å². The average Bonchev–Trinajstić information content (AvgIpc) is 2.44. The van der Waals surface area contributed by atoms with Crippen molar-refractivity contribution in [3.05, 3.63) is 0 Å². The quantitative estimate of drug-likeness (QED) is 0.370. The molecule has 1 aliphatic rings. The predicted molar refractivity (Wildman–Crippen MR) is 78.7 cm³/mol. The van der Waals surface area contributed by atoms with Crippen molar-refractivity contribution < 1.29 is 44.2 Å². The molecule has 5 N–H and O–H groups in total. The predicted octanol–water partition coefficient (Wildman–Crippen LogP) is -1.76. The van der Waals surface area contributed by atoms with Gasteiger partial charge >= 0.3 is 12.1 Å². The summed E-state index contributed by atoms with van der Waals surface area (Å²) in [6, 6.07) is -1.03. The molecule has 10 heteroatoms. The fraction of sp³-hybridized carbons (Fsp3) is 0.857. The lowest BCUT2D eigenvalue weighted by Crippen LogP contribution is -2.58. The number of hydrogen-bond acceptors (Lipinski definition) is 9. The molecule has 0 radical (unpaired) electrons. The minimum Gasteiger partial charge on any atom is -0.461 e. The summed E-state index contributed by atoms with van der Waals surface area (Å²) in [4.78, 5) is 23.4. The van der Waals surface area contributed by atoms with Crippen LogP contribution < -0.4 is 5.32 Å². The molecule has 10 nitrogen and oxygen atoms in total. The maximum atomic E-state index is 11.8. The SMILES string of the molecule is C[C@@H](NC(=O)OC(C)(C)C)C(=O)OCC1O[C@@H](O)C(O)C(O)[C@@H]1O. The van der Waals surface area contributed by atoms with Crippen LogP contribution in [-0.2, 0) is 19.0 Å². The fourth-order valence-electron chi connectivity index (χ4n) is 1.90. The van der Waals surface area contributed by atoms with Gasteiger partial charge in [-0.05, 0) is 27.7 Å². The van der Waals surface area contributed by atoms with Gasteiger partial charge in [0.05, 0.1) is 0 Å². The van der Waals surface area contributed by atoms with E-state index in [0.29, 0.717) is 0 Å². The zero-order valence-corrected chi connectivity index (χ0v) is 14.0. The van der Waals surface area contributed by atoms with Gasteiger partial charge in [-0.15, -0.1) is 0 Å². The first-order valence-corrected chi connectivity index (χ1v) is 7.46. The number of esters is 1.